The maximum absolute atomic E-state index is 12.4. The molecular formula is C22H25NO2. The Kier molecular flexibility index (Phi) is 4.24. The number of carbonyl (C=O) groups is 1. The maximum atomic E-state index is 12.4. The van der Waals surface area contributed by atoms with E-state index in [4.69, 9.17) is 4.74 Å². The van der Waals surface area contributed by atoms with Crippen LogP contribution in [-0.2, 0) is 11.3 Å². The fraction of sp³-hybridized carbons (Fsp3) is 0.409. The van der Waals surface area contributed by atoms with E-state index in [-0.39, 0.29) is 6.09 Å². The average Bonchev–Trinajstić information content (AvgIpc) is 2.90. The lowest BCUT2D eigenvalue weighted by molar-refractivity contribution is 0.103. The molecular weight excluding hydrogens is 310 g/mol. The van der Waals surface area contributed by atoms with E-state index < -0.39 is 0 Å². The minimum Gasteiger partial charge on any atom is -0.445 e. The van der Waals surface area contributed by atoms with Crippen LogP contribution in [0.25, 0.3) is 0 Å². The number of aryl methyl sites for hydroxylation is 2. The molecule has 25 heavy (non-hydrogen) atoms. The molecule has 4 rings (SSSR count). The van der Waals surface area contributed by atoms with Crippen LogP contribution in [0.5, 0.6) is 0 Å². The van der Waals surface area contributed by atoms with Gasteiger partial charge in [-0.05, 0) is 49.1 Å². The van der Waals surface area contributed by atoms with Crippen molar-refractivity contribution < 1.29 is 9.53 Å². The molecule has 1 aliphatic heterocycles. The van der Waals surface area contributed by atoms with Gasteiger partial charge in [0, 0.05) is 13.1 Å². The Morgan fingerprint density at radius 1 is 1.08 bits per heavy atom. The van der Waals surface area contributed by atoms with Crippen LogP contribution in [0.4, 0.5) is 4.79 Å². The zero-order valence-corrected chi connectivity index (χ0v) is 14.9. The Labute approximate surface area is 149 Å². The molecule has 1 aliphatic carbocycles. The molecule has 0 bridgehead atoms. The predicted octanol–water partition coefficient (Wildman–Crippen LogP) is 4.68. The molecule has 0 unspecified atom stereocenters. The van der Waals surface area contributed by atoms with Gasteiger partial charge in [0.05, 0.1) is 0 Å². The Bertz CT molecular complexity index is 751. The van der Waals surface area contributed by atoms with Gasteiger partial charge in [-0.25, -0.2) is 4.79 Å². The number of ether oxygens (including phenoxy) is 1. The van der Waals surface area contributed by atoms with Crippen LogP contribution in [-0.4, -0.2) is 24.1 Å². The molecule has 2 aromatic rings. The monoisotopic (exact) mass is 335 g/mol. The number of likely N-dealkylation sites (tertiary alicyclic amines) is 1. The van der Waals surface area contributed by atoms with E-state index >= 15 is 0 Å². The van der Waals surface area contributed by atoms with Gasteiger partial charge in [0.2, 0.25) is 0 Å². The van der Waals surface area contributed by atoms with E-state index in [1.165, 1.54) is 23.1 Å². The Balaban J connectivity index is 1.36. The van der Waals surface area contributed by atoms with E-state index in [0.717, 1.165) is 18.7 Å². The number of amides is 1. The molecule has 1 heterocycles. The van der Waals surface area contributed by atoms with Gasteiger partial charge in [-0.3, -0.25) is 0 Å². The maximum Gasteiger partial charge on any atom is 0.410 e. The third-order valence-corrected chi connectivity index (χ3v) is 5.70. The summed E-state index contributed by atoms with van der Waals surface area (Å²) in [5, 5.41) is 0. The van der Waals surface area contributed by atoms with Gasteiger partial charge >= 0.3 is 6.09 Å². The van der Waals surface area contributed by atoms with Crippen molar-refractivity contribution in [2.24, 2.45) is 11.8 Å². The largest absolute Gasteiger partial charge is 0.445 e. The molecule has 130 valence electrons. The van der Waals surface area contributed by atoms with Crippen LogP contribution in [0.2, 0.25) is 0 Å². The lowest BCUT2D eigenvalue weighted by Gasteiger charge is -2.40. The second-order valence-electron chi connectivity index (χ2n) is 7.63. The number of benzene rings is 2. The zero-order chi connectivity index (χ0) is 17.4. The third kappa shape index (κ3) is 3.28. The quantitative estimate of drug-likeness (QED) is 0.815. The highest BCUT2D eigenvalue weighted by molar-refractivity contribution is 5.68. The summed E-state index contributed by atoms with van der Waals surface area (Å²) in [5.41, 5.74) is 5.13. The topological polar surface area (TPSA) is 29.5 Å². The molecule has 0 N–H and O–H groups in total. The van der Waals surface area contributed by atoms with Crippen molar-refractivity contribution in [3.63, 3.8) is 0 Å². The predicted molar refractivity (Wildman–Crippen MR) is 98.5 cm³/mol. The SMILES string of the molecule is Cc1cc(C)cc([C@H]2C[C@@H]3CN(C(=O)OCc4ccccc4)C[C@@H]32)c1. The first-order valence-electron chi connectivity index (χ1n) is 9.14. The highest BCUT2D eigenvalue weighted by Gasteiger charge is 2.49. The molecule has 3 nitrogen and oxygen atoms in total. The van der Waals surface area contributed by atoms with E-state index in [9.17, 15) is 4.79 Å². The van der Waals surface area contributed by atoms with Gasteiger partial charge in [0.1, 0.15) is 6.61 Å². The number of rotatable bonds is 3. The molecule has 0 radical (unpaired) electrons. The van der Waals surface area contributed by atoms with E-state index in [1.54, 1.807) is 0 Å². The second kappa shape index (κ2) is 6.55. The average molecular weight is 335 g/mol. The van der Waals surface area contributed by atoms with Crippen LogP contribution in [0.3, 0.4) is 0 Å². The fourth-order valence-electron chi connectivity index (χ4n) is 4.47. The van der Waals surface area contributed by atoms with E-state index in [1.807, 2.05) is 35.2 Å². The number of hydrogen-bond donors (Lipinski definition) is 0. The summed E-state index contributed by atoms with van der Waals surface area (Å²) < 4.78 is 5.50. The lowest BCUT2D eigenvalue weighted by Crippen LogP contribution is -2.33. The summed E-state index contributed by atoms with van der Waals surface area (Å²) in [4.78, 5) is 14.3. The fourth-order valence-corrected chi connectivity index (χ4v) is 4.47. The van der Waals surface area contributed by atoms with Crippen LogP contribution in [0.15, 0.2) is 48.5 Å². The second-order valence-corrected chi connectivity index (χ2v) is 7.63. The van der Waals surface area contributed by atoms with Gasteiger partial charge < -0.3 is 9.64 Å². The lowest BCUT2D eigenvalue weighted by atomic mass is 9.64. The van der Waals surface area contributed by atoms with Crippen LogP contribution < -0.4 is 0 Å². The van der Waals surface area contributed by atoms with Crippen molar-refractivity contribution in [2.45, 2.75) is 32.8 Å². The molecule has 2 aliphatic rings. The van der Waals surface area contributed by atoms with Gasteiger partial charge in [-0.1, -0.05) is 59.7 Å². The molecule has 2 fully saturated rings. The van der Waals surface area contributed by atoms with E-state index in [2.05, 4.69) is 32.0 Å². The molecule has 0 aromatic heterocycles. The summed E-state index contributed by atoms with van der Waals surface area (Å²) in [5.74, 6) is 1.82. The van der Waals surface area contributed by atoms with Crippen molar-refractivity contribution in [1.29, 1.82) is 0 Å². The third-order valence-electron chi connectivity index (χ3n) is 5.70. The summed E-state index contributed by atoms with van der Waals surface area (Å²) in [6.45, 7) is 6.35. The summed E-state index contributed by atoms with van der Waals surface area (Å²) in [6, 6.07) is 16.7. The van der Waals surface area contributed by atoms with Gasteiger partial charge in [0.15, 0.2) is 0 Å². The molecule has 1 saturated heterocycles. The van der Waals surface area contributed by atoms with Crippen molar-refractivity contribution in [2.75, 3.05) is 13.1 Å². The van der Waals surface area contributed by atoms with Crippen LogP contribution in [0, 0.1) is 25.7 Å². The first-order chi connectivity index (χ1) is 12.1. The summed E-state index contributed by atoms with van der Waals surface area (Å²) in [6.07, 6.45) is 1.02. The molecule has 1 amide bonds. The van der Waals surface area contributed by atoms with Crippen molar-refractivity contribution in [3.05, 3.63) is 70.8 Å². The minimum absolute atomic E-state index is 0.169. The van der Waals surface area contributed by atoms with E-state index in [0.29, 0.717) is 24.4 Å². The molecule has 2 aromatic carbocycles. The van der Waals surface area contributed by atoms with Crippen LogP contribution >= 0.6 is 0 Å². The molecule has 1 saturated carbocycles. The van der Waals surface area contributed by atoms with Gasteiger partial charge in [-0.15, -0.1) is 0 Å². The number of hydrogen-bond acceptors (Lipinski definition) is 2. The molecule has 0 spiro atoms. The molecule has 3 heteroatoms. The van der Waals surface area contributed by atoms with Crippen LogP contribution in [0.1, 0.15) is 34.6 Å². The van der Waals surface area contributed by atoms with Crippen molar-refractivity contribution in [3.8, 4) is 0 Å². The normalized spacial score (nSPS) is 24.6. The van der Waals surface area contributed by atoms with Crippen molar-refractivity contribution in [1.82, 2.24) is 4.90 Å². The first kappa shape index (κ1) is 16.2. The Hall–Kier alpha value is -2.29. The minimum atomic E-state index is -0.169. The number of nitrogens with zero attached hydrogens (tertiary/aromatic N) is 1. The van der Waals surface area contributed by atoms with Gasteiger partial charge in [-0.2, -0.15) is 0 Å². The van der Waals surface area contributed by atoms with Crippen molar-refractivity contribution >= 4 is 6.09 Å². The Morgan fingerprint density at radius 3 is 2.52 bits per heavy atom. The smallest absolute Gasteiger partial charge is 0.410 e. The highest BCUT2D eigenvalue weighted by Crippen LogP contribution is 2.51. The number of carbonyl (C=O) groups excluding carboxylic acids is 1. The molecule has 3 atom stereocenters. The standard InChI is InChI=1S/C22H25NO2/c1-15-8-16(2)10-18(9-15)20-11-19-12-23(13-21(19)20)22(24)25-14-17-6-4-3-5-7-17/h3-10,19-21H,11-14H2,1-2H3/t19-,20-,21+/m1/s1. The number of fused-ring (bicyclic) bond motifs is 1. The first-order valence-corrected chi connectivity index (χ1v) is 9.14. The Morgan fingerprint density at radius 2 is 1.80 bits per heavy atom. The highest BCUT2D eigenvalue weighted by atomic mass is 16.6. The summed E-state index contributed by atoms with van der Waals surface area (Å²) in [7, 11) is 0. The zero-order valence-electron chi connectivity index (χ0n) is 14.9. The summed E-state index contributed by atoms with van der Waals surface area (Å²) >= 11 is 0. The van der Waals surface area contributed by atoms with Gasteiger partial charge in [0.25, 0.3) is 0 Å².